The van der Waals surface area contributed by atoms with Gasteiger partial charge in [-0.15, -0.1) is 0 Å². The number of amidine groups is 1. The third kappa shape index (κ3) is 4.35. The zero-order valence-electron chi connectivity index (χ0n) is 17.2. The number of sulfonamides is 1. The van der Waals surface area contributed by atoms with E-state index in [4.69, 9.17) is 0 Å². The van der Waals surface area contributed by atoms with Gasteiger partial charge in [-0.3, -0.25) is 19.3 Å². The molecular weight excluding hydrogens is 404 g/mol. The molecule has 30 heavy (non-hydrogen) atoms. The highest BCUT2D eigenvalue weighted by Crippen LogP contribution is 2.24. The van der Waals surface area contributed by atoms with Gasteiger partial charge >= 0.3 is 0 Å². The van der Waals surface area contributed by atoms with Gasteiger partial charge in [0, 0.05) is 30.9 Å². The number of amides is 2. The standard InChI is InChI=1S/C21H24N4O4S/c1-13(2)19(23-20-17-7-5-6-8-18(17)30(28,29)24-20)21(27)22-15-9-11-16(12-10-15)25(4)14(3)26/h5-13,19H,1-4H3,(H,22,27)(H,23,24)/t19-/m0/s1. The van der Waals surface area contributed by atoms with Crippen molar-refractivity contribution in [1.29, 1.82) is 0 Å². The molecule has 0 aliphatic carbocycles. The molecule has 1 aliphatic heterocycles. The molecule has 2 N–H and O–H groups in total. The second-order valence-electron chi connectivity index (χ2n) is 7.38. The summed E-state index contributed by atoms with van der Waals surface area (Å²) in [5, 5.41) is 2.81. The largest absolute Gasteiger partial charge is 0.324 e. The summed E-state index contributed by atoms with van der Waals surface area (Å²) in [6.45, 7) is 5.15. The fourth-order valence-electron chi connectivity index (χ4n) is 3.05. The third-order valence-electron chi connectivity index (χ3n) is 4.83. The Morgan fingerprint density at radius 2 is 1.70 bits per heavy atom. The van der Waals surface area contributed by atoms with Crippen LogP contribution in [-0.4, -0.2) is 39.2 Å². The van der Waals surface area contributed by atoms with Gasteiger partial charge in [0.05, 0.1) is 4.90 Å². The molecule has 0 saturated carbocycles. The highest BCUT2D eigenvalue weighted by molar-refractivity contribution is 7.90. The molecule has 2 amide bonds. The number of fused-ring (bicyclic) bond motifs is 1. The molecule has 2 aromatic carbocycles. The van der Waals surface area contributed by atoms with E-state index in [0.717, 1.165) is 0 Å². The van der Waals surface area contributed by atoms with Crippen molar-refractivity contribution in [2.75, 3.05) is 17.3 Å². The number of benzene rings is 2. The van der Waals surface area contributed by atoms with Crippen LogP contribution in [0.2, 0.25) is 0 Å². The molecule has 0 radical (unpaired) electrons. The summed E-state index contributed by atoms with van der Waals surface area (Å²) in [5.74, 6) is -0.453. The number of hydrogen-bond donors (Lipinski definition) is 2. The molecule has 0 spiro atoms. The van der Waals surface area contributed by atoms with E-state index in [1.165, 1.54) is 17.9 Å². The summed E-state index contributed by atoms with van der Waals surface area (Å²) >= 11 is 0. The zero-order chi connectivity index (χ0) is 22.1. The van der Waals surface area contributed by atoms with Gasteiger partial charge in [-0.2, -0.15) is 0 Å². The summed E-state index contributed by atoms with van der Waals surface area (Å²) in [5.41, 5.74) is 1.71. The van der Waals surface area contributed by atoms with E-state index in [1.807, 2.05) is 13.8 Å². The van der Waals surface area contributed by atoms with E-state index in [2.05, 4.69) is 15.0 Å². The maximum atomic E-state index is 12.9. The minimum absolute atomic E-state index is 0.0956. The van der Waals surface area contributed by atoms with Crippen molar-refractivity contribution in [3.05, 3.63) is 54.1 Å². The van der Waals surface area contributed by atoms with Crippen molar-refractivity contribution < 1.29 is 18.0 Å². The number of anilines is 2. The molecule has 9 heteroatoms. The lowest BCUT2D eigenvalue weighted by Crippen LogP contribution is -2.34. The molecular formula is C21H24N4O4S. The first-order valence-corrected chi connectivity index (χ1v) is 10.9. The Balaban J connectivity index is 1.83. The Labute approximate surface area is 176 Å². The lowest BCUT2D eigenvalue weighted by Gasteiger charge is -2.18. The monoisotopic (exact) mass is 428 g/mol. The first kappa shape index (κ1) is 21.5. The Hall–Kier alpha value is -3.20. The van der Waals surface area contributed by atoms with Crippen LogP contribution in [0.25, 0.3) is 0 Å². The Morgan fingerprint density at radius 1 is 1.07 bits per heavy atom. The minimum Gasteiger partial charge on any atom is -0.324 e. The summed E-state index contributed by atoms with van der Waals surface area (Å²) in [6, 6.07) is 12.6. The number of hydrogen-bond acceptors (Lipinski definition) is 5. The number of carbonyl (C=O) groups is 2. The summed E-state index contributed by atoms with van der Waals surface area (Å²) in [7, 11) is -2.01. The molecule has 0 unspecified atom stereocenters. The topological polar surface area (TPSA) is 108 Å². The SMILES string of the molecule is CC(=O)N(C)c1ccc(NC(=O)[C@@H](N=C2NS(=O)(=O)c3ccccc32)C(C)C)cc1. The average Bonchev–Trinajstić information content (AvgIpc) is 2.96. The zero-order valence-corrected chi connectivity index (χ0v) is 18.0. The molecule has 3 rings (SSSR count). The number of aliphatic imine (C=N–C) groups is 1. The number of rotatable bonds is 5. The fraction of sp³-hybridized carbons (Fsp3) is 0.286. The number of carbonyl (C=O) groups excluding carboxylic acids is 2. The van der Waals surface area contributed by atoms with Gasteiger partial charge in [0.2, 0.25) is 11.8 Å². The van der Waals surface area contributed by atoms with Crippen molar-refractivity contribution in [1.82, 2.24) is 4.72 Å². The van der Waals surface area contributed by atoms with Gasteiger partial charge in [-0.25, -0.2) is 8.42 Å². The maximum absolute atomic E-state index is 12.9. The van der Waals surface area contributed by atoms with E-state index >= 15 is 0 Å². The number of nitrogens with one attached hydrogen (secondary N) is 2. The van der Waals surface area contributed by atoms with Gasteiger partial charge in [0.1, 0.15) is 11.9 Å². The highest BCUT2D eigenvalue weighted by atomic mass is 32.2. The Morgan fingerprint density at radius 3 is 2.30 bits per heavy atom. The molecule has 0 aromatic heterocycles. The van der Waals surface area contributed by atoms with Crippen LogP contribution < -0.4 is 14.9 Å². The smallest absolute Gasteiger partial charge is 0.263 e. The van der Waals surface area contributed by atoms with Gasteiger partial charge in [-0.1, -0.05) is 26.0 Å². The Kier molecular flexibility index (Phi) is 5.93. The van der Waals surface area contributed by atoms with Gasteiger partial charge < -0.3 is 10.2 Å². The predicted molar refractivity (Wildman–Crippen MR) is 116 cm³/mol. The molecule has 1 aliphatic rings. The lowest BCUT2D eigenvalue weighted by molar-refractivity contribution is -0.118. The number of nitrogens with zero attached hydrogens (tertiary/aromatic N) is 2. The summed E-state index contributed by atoms with van der Waals surface area (Å²) < 4.78 is 27.0. The van der Waals surface area contributed by atoms with Crippen molar-refractivity contribution in [2.24, 2.45) is 10.9 Å². The van der Waals surface area contributed by atoms with Crippen LogP contribution in [0.15, 0.2) is 58.4 Å². The van der Waals surface area contributed by atoms with E-state index in [0.29, 0.717) is 16.9 Å². The van der Waals surface area contributed by atoms with Crippen LogP contribution in [0.3, 0.4) is 0 Å². The first-order chi connectivity index (χ1) is 14.1. The normalized spacial score (nSPS) is 16.6. The van der Waals surface area contributed by atoms with E-state index in [9.17, 15) is 18.0 Å². The van der Waals surface area contributed by atoms with E-state index in [1.54, 1.807) is 49.5 Å². The Bertz CT molecular complexity index is 1110. The van der Waals surface area contributed by atoms with Crippen molar-refractivity contribution in [2.45, 2.75) is 31.7 Å². The van der Waals surface area contributed by atoms with Crippen molar-refractivity contribution >= 4 is 39.0 Å². The van der Waals surface area contributed by atoms with Crippen LogP contribution in [-0.2, 0) is 19.6 Å². The summed E-state index contributed by atoms with van der Waals surface area (Å²) in [4.78, 5) is 30.4. The second kappa shape index (κ2) is 8.27. The lowest BCUT2D eigenvalue weighted by atomic mass is 10.0. The van der Waals surface area contributed by atoms with Gasteiger partial charge in [0.25, 0.3) is 10.0 Å². The maximum Gasteiger partial charge on any atom is 0.263 e. The van der Waals surface area contributed by atoms with Crippen LogP contribution in [0.4, 0.5) is 11.4 Å². The first-order valence-electron chi connectivity index (χ1n) is 9.45. The minimum atomic E-state index is -3.68. The fourth-order valence-corrected chi connectivity index (χ4v) is 4.28. The average molecular weight is 429 g/mol. The quantitative estimate of drug-likeness (QED) is 0.762. The van der Waals surface area contributed by atoms with E-state index < -0.39 is 16.1 Å². The van der Waals surface area contributed by atoms with Gasteiger partial charge in [-0.05, 0) is 42.3 Å². The second-order valence-corrected chi connectivity index (χ2v) is 9.03. The molecule has 158 valence electrons. The molecule has 8 nitrogen and oxygen atoms in total. The molecule has 2 aromatic rings. The van der Waals surface area contributed by atoms with Crippen LogP contribution >= 0.6 is 0 Å². The molecule has 1 atom stereocenters. The molecule has 1 heterocycles. The van der Waals surface area contributed by atoms with Crippen molar-refractivity contribution in [3.8, 4) is 0 Å². The molecule has 0 saturated heterocycles. The van der Waals surface area contributed by atoms with E-state index in [-0.39, 0.29) is 28.5 Å². The van der Waals surface area contributed by atoms with Crippen molar-refractivity contribution in [3.63, 3.8) is 0 Å². The highest BCUT2D eigenvalue weighted by Gasteiger charge is 2.32. The van der Waals surface area contributed by atoms with Crippen LogP contribution in [0.1, 0.15) is 26.3 Å². The van der Waals surface area contributed by atoms with Crippen LogP contribution in [0, 0.1) is 5.92 Å². The van der Waals surface area contributed by atoms with Crippen LogP contribution in [0.5, 0.6) is 0 Å². The summed E-state index contributed by atoms with van der Waals surface area (Å²) in [6.07, 6.45) is 0. The van der Waals surface area contributed by atoms with Gasteiger partial charge in [0.15, 0.2) is 0 Å². The molecule has 0 fully saturated rings. The molecule has 0 bridgehead atoms. The predicted octanol–water partition coefficient (Wildman–Crippen LogP) is 2.37. The third-order valence-corrected chi connectivity index (χ3v) is 6.22.